The van der Waals surface area contributed by atoms with Gasteiger partial charge in [-0.1, -0.05) is 0 Å². The fourth-order valence-corrected chi connectivity index (χ4v) is 1.26. The second-order valence-electron chi connectivity index (χ2n) is 3.54. The van der Waals surface area contributed by atoms with Gasteiger partial charge in [-0.05, 0) is 5.57 Å². The lowest BCUT2D eigenvalue weighted by Gasteiger charge is -2.15. The predicted molar refractivity (Wildman–Crippen MR) is 48.3 cm³/mol. The van der Waals surface area contributed by atoms with Crippen molar-refractivity contribution >= 4 is 11.9 Å². The van der Waals surface area contributed by atoms with Crippen LogP contribution in [0.25, 0.3) is 0 Å². The van der Waals surface area contributed by atoms with Crippen LogP contribution in [0.2, 0.25) is 0 Å². The summed E-state index contributed by atoms with van der Waals surface area (Å²) in [6, 6.07) is 0. The Kier molecular flexibility index (Phi) is 5.39. The van der Waals surface area contributed by atoms with Crippen molar-refractivity contribution in [3.8, 4) is 0 Å². The molecule has 0 amide bonds. The Morgan fingerprint density at radius 1 is 0.842 bits per heavy atom. The van der Waals surface area contributed by atoms with Gasteiger partial charge in [0, 0.05) is 5.57 Å². The highest BCUT2D eigenvalue weighted by Gasteiger charge is 2.38. The maximum absolute atomic E-state index is 12.1. The monoisotopic (exact) mass is 294 g/mol. The number of allylic oxidation sites excluding steroid dienone is 1. The van der Waals surface area contributed by atoms with Crippen molar-refractivity contribution in [2.45, 2.75) is 31.6 Å². The highest BCUT2D eigenvalue weighted by Crippen LogP contribution is 2.34. The molecule has 0 heterocycles. The van der Waals surface area contributed by atoms with E-state index in [1.807, 2.05) is 0 Å². The molecule has 0 aliphatic carbocycles. The predicted octanol–water partition coefficient (Wildman–Crippen LogP) is 2.75. The van der Waals surface area contributed by atoms with Crippen LogP contribution in [0.15, 0.2) is 11.1 Å². The summed E-state index contributed by atoms with van der Waals surface area (Å²) in [7, 11) is 0. The lowest BCUT2D eigenvalue weighted by molar-refractivity contribution is -0.145. The number of halogens is 6. The number of carboxylic acids is 2. The second kappa shape index (κ2) is 5.93. The number of rotatable bonds is 5. The van der Waals surface area contributed by atoms with Crippen LogP contribution in [-0.4, -0.2) is 34.5 Å². The van der Waals surface area contributed by atoms with Gasteiger partial charge in [0.1, 0.15) is 0 Å². The van der Waals surface area contributed by atoms with Crippen molar-refractivity contribution in [1.82, 2.24) is 0 Å². The standard InChI is InChI=1S/C9H8F6O4/c10-8(11,12)2-4(3-9(13,14)15)5(7(18)19)1-6(16)17/h1-3H2,(H,16,17)(H,18,19). The Balaban J connectivity index is 5.58. The molecule has 0 radical (unpaired) electrons. The quantitative estimate of drug-likeness (QED) is 0.604. The van der Waals surface area contributed by atoms with E-state index in [0.717, 1.165) is 0 Å². The summed E-state index contributed by atoms with van der Waals surface area (Å²) in [6.07, 6.45) is -15.8. The SMILES string of the molecule is O=C(O)CC(C(=O)O)=C(CC(F)(F)F)CC(F)(F)F. The van der Waals surface area contributed by atoms with Crippen molar-refractivity contribution < 1.29 is 46.1 Å². The molecule has 0 unspecified atom stereocenters. The molecule has 10 heteroatoms. The third-order valence-electron chi connectivity index (χ3n) is 1.84. The first-order chi connectivity index (χ1) is 8.32. The number of hydrogen-bond acceptors (Lipinski definition) is 2. The number of carbonyl (C=O) groups is 2. The van der Waals surface area contributed by atoms with Gasteiger partial charge in [-0.15, -0.1) is 0 Å². The van der Waals surface area contributed by atoms with Crippen LogP contribution in [-0.2, 0) is 9.59 Å². The van der Waals surface area contributed by atoms with E-state index in [2.05, 4.69) is 0 Å². The van der Waals surface area contributed by atoms with Gasteiger partial charge in [0.15, 0.2) is 0 Å². The van der Waals surface area contributed by atoms with Crippen molar-refractivity contribution in [2.75, 3.05) is 0 Å². The molecule has 0 saturated heterocycles. The number of alkyl halides is 6. The van der Waals surface area contributed by atoms with E-state index < -0.39 is 54.7 Å². The van der Waals surface area contributed by atoms with Crippen molar-refractivity contribution in [2.24, 2.45) is 0 Å². The molecule has 0 rings (SSSR count). The van der Waals surface area contributed by atoms with Gasteiger partial charge < -0.3 is 10.2 Å². The van der Waals surface area contributed by atoms with Gasteiger partial charge in [-0.2, -0.15) is 26.3 Å². The van der Waals surface area contributed by atoms with E-state index in [-0.39, 0.29) is 0 Å². The maximum Gasteiger partial charge on any atom is 0.392 e. The van der Waals surface area contributed by atoms with Crippen LogP contribution in [0.3, 0.4) is 0 Å². The summed E-state index contributed by atoms with van der Waals surface area (Å²) in [5, 5.41) is 16.8. The topological polar surface area (TPSA) is 74.6 Å². The Bertz CT molecular complexity index is 374. The molecule has 0 aromatic rings. The maximum atomic E-state index is 12.1. The van der Waals surface area contributed by atoms with E-state index >= 15 is 0 Å². The van der Waals surface area contributed by atoms with E-state index in [1.54, 1.807) is 0 Å². The molecule has 0 aromatic heterocycles. The zero-order valence-electron chi connectivity index (χ0n) is 9.10. The van der Waals surface area contributed by atoms with Crippen molar-refractivity contribution in [1.29, 1.82) is 0 Å². The number of carboxylic acid groups (broad SMARTS) is 2. The molecule has 110 valence electrons. The van der Waals surface area contributed by atoms with Gasteiger partial charge >= 0.3 is 24.3 Å². The van der Waals surface area contributed by atoms with Gasteiger partial charge in [-0.3, -0.25) is 4.79 Å². The molecular formula is C9H8F6O4. The molecule has 0 aromatic carbocycles. The fourth-order valence-electron chi connectivity index (χ4n) is 1.26. The van der Waals surface area contributed by atoms with Gasteiger partial charge in [0.2, 0.25) is 0 Å². The second-order valence-corrected chi connectivity index (χ2v) is 3.54. The molecule has 0 bridgehead atoms. The highest BCUT2D eigenvalue weighted by atomic mass is 19.4. The first-order valence-corrected chi connectivity index (χ1v) is 4.61. The van der Waals surface area contributed by atoms with E-state index in [4.69, 9.17) is 10.2 Å². The fraction of sp³-hybridized carbons (Fsp3) is 0.556. The molecule has 0 fully saturated rings. The zero-order chi connectivity index (χ0) is 15.4. The molecule has 0 atom stereocenters. The molecular weight excluding hydrogens is 286 g/mol. The van der Waals surface area contributed by atoms with E-state index in [0.29, 0.717) is 0 Å². The summed E-state index contributed by atoms with van der Waals surface area (Å²) in [6.45, 7) is 0. The van der Waals surface area contributed by atoms with Gasteiger partial charge in [-0.25, -0.2) is 4.79 Å². The average molecular weight is 294 g/mol. The third-order valence-corrected chi connectivity index (χ3v) is 1.84. The molecule has 0 aliphatic heterocycles. The van der Waals surface area contributed by atoms with Crippen LogP contribution >= 0.6 is 0 Å². The summed E-state index contributed by atoms with van der Waals surface area (Å²) >= 11 is 0. The Morgan fingerprint density at radius 2 is 1.21 bits per heavy atom. The lowest BCUT2D eigenvalue weighted by atomic mass is 9.98. The molecule has 0 aliphatic rings. The van der Waals surface area contributed by atoms with Gasteiger partial charge in [0.25, 0.3) is 0 Å². The minimum Gasteiger partial charge on any atom is -0.481 e. The smallest absolute Gasteiger partial charge is 0.392 e. The first kappa shape index (κ1) is 17.3. The summed E-state index contributed by atoms with van der Waals surface area (Å²) in [4.78, 5) is 20.9. The Morgan fingerprint density at radius 3 is 1.42 bits per heavy atom. The minimum absolute atomic E-state index is 1.40. The van der Waals surface area contributed by atoms with Crippen molar-refractivity contribution in [3.05, 3.63) is 11.1 Å². The molecule has 0 saturated carbocycles. The lowest BCUT2D eigenvalue weighted by Crippen LogP contribution is -2.20. The normalized spacial score (nSPS) is 12.1. The van der Waals surface area contributed by atoms with Crippen LogP contribution in [0.1, 0.15) is 19.3 Å². The highest BCUT2D eigenvalue weighted by molar-refractivity contribution is 5.92. The number of aliphatic carboxylic acids is 2. The number of hydrogen-bond donors (Lipinski definition) is 2. The minimum atomic E-state index is -5.07. The van der Waals surface area contributed by atoms with Crippen LogP contribution < -0.4 is 0 Å². The largest absolute Gasteiger partial charge is 0.481 e. The van der Waals surface area contributed by atoms with E-state index in [9.17, 15) is 35.9 Å². The van der Waals surface area contributed by atoms with E-state index in [1.165, 1.54) is 0 Å². The summed E-state index contributed by atoms with van der Waals surface area (Å²) in [5.41, 5.74) is -2.91. The van der Waals surface area contributed by atoms with Crippen LogP contribution in [0, 0.1) is 0 Å². The zero-order valence-corrected chi connectivity index (χ0v) is 9.10. The van der Waals surface area contributed by atoms with Gasteiger partial charge in [0.05, 0.1) is 19.3 Å². The molecule has 2 N–H and O–H groups in total. The van der Waals surface area contributed by atoms with Crippen LogP contribution in [0.4, 0.5) is 26.3 Å². The summed E-state index contributed by atoms with van der Waals surface area (Å²) in [5.74, 6) is -3.95. The average Bonchev–Trinajstić information content (AvgIpc) is 2.07. The molecule has 0 spiro atoms. The Labute approximate surface area is 102 Å². The molecule has 19 heavy (non-hydrogen) atoms. The third kappa shape index (κ3) is 8.06. The first-order valence-electron chi connectivity index (χ1n) is 4.61. The molecule has 4 nitrogen and oxygen atoms in total. The van der Waals surface area contributed by atoms with Crippen molar-refractivity contribution in [3.63, 3.8) is 0 Å². The van der Waals surface area contributed by atoms with Crippen LogP contribution in [0.5, 0.6) is 0 Å². The Hall–Kier alpha value is -1.74. The summed E-state index contributed by atoms with van der Waals surface area (Å²) < 4.78 is 72.6.